The number of esters is 2. The van der Waals surface area contributed by atoms with Crippen molar-refractivity contribution in [2.75, 3.05) is 7.11 Å². The number of hydrogen-bond acceptors (Lipinski definition) is 7. The maximum atomic E-state index is 13.7. The third-order valence-corrected chi connectivity index (χ3v) is 7.06. The molecule has 0 bridgehead atoms. The molecule has 210 valence electrons. The molecular formula is C32H30N2O7. The molecule has 2 saturated heterocycles. The maximum Gasteiger partial charge on any atom is 0.356 e. The number of amides is 2. The number of ether oxygens (including phenoxy) is 3. The smallest absolute Gasteiger partial charge is 0.356 e. The summed E-state index contributed by atoms with van der Waals surface area (Å²) in [7, 11) is 1.18. The number of nitrogens with zero attached hydrogens (tertiary/aromatic N) is 2. The first kappa shape index (κ1) is 27.8. The molecule has 9 heteroatoms. The van der Waals surface area contributed by atoms with Gasteiger partial charge < -0.3 is 14.2 Å². The van der Waals surface area contributed by atoms with E-state index in [2.05, 4.69) is 0 Å². The van der Waals surface area contributed by atoms with Crippen molar-refractivity contribution in [2.45, 2.75) is 44.9 Å². The van der Waals surface area contributed by atoms with Gasteiger partial charge in [0.1, 0.15) is 5.70 Å². The lowest BCUT2D eigenvalue weighted by molar-refractivity contribution is -0.175. The number of likely N-dealkylation sites (tertiary alicyclic amines) is 1. The molecular weight excluding hydrogens is 524 g/mol. The molecule has 2 heterocycles. The first-order valence-electron chi connectivity index (χ1n) is 13.2. The molecule has 9 nitrogen and oxygen atoms in total. The topological polar surface area (TPSA) is 102 Å². The van der Waals surface area contributed by atoms with Crippen molar-refractivity contribution in [3.63, 3.8) is 0 Å². The third kappa shape index (κ3) is 5.36. The van der Waals surface area contributed by atoms with Crippen LogP contribution in [0.1, 0.15) is 36.6 Å². The van der Waals surface area contributed by atoms with Gasteiger partial charge in [-0.05, 0) is 36.1 Å². The molecule has 0 saturated carbocycles. The minimum absolute atomic E-state index is 0.00548. The van der Waals surface area contributed by atoms with E-state index in [1.165, 1.54) is 12.0 Å². The second kappa shape index (κ2) is 11.8. The van der Waals surface area contributed by atoms with Gasteiger partial charge in [0.25, 0.3) is 5.91 Å². The Kier molecular flexibility index (Phi) is 7.98. The van der Waals surface area contributed by atoms with Crippen LogP contribution in [0.2, 0.25) is 0 Å². The van der Waals surface area contributed by atoms with E-state index < -0.39 is 48.4 Å². The van der Waals surface area contributed by atoms with E-state index in [4.69, 9.17) is 14.2 Å². The minimum atomic E-state index is -1.43. The van der Waals surface area contributed by atoms with Crippen LogP contribution in [0.15, 0.2) is 102 Å². The van der Waals surface area contributed by atoms with E-state index in [9.17, 15) is 19.2 Å². The molecule has 0 radical (unpaired) electrons. The highest BCUT2D eigenvalue weighted by atomic mass is 16.6. The van der Waals surface area contributed by atoms with Crippen LogP contribution in [0.4, 0.5) is 0 Å². The van der Waals surface area contributed by atoms with Gasteiger partial charge in [-0.25, -0.2) is 9.59 Å². The van der Waals surface area contributed by atoms with Gasteiger partial charge in [0.15, 0.2) is 18.4 Å². The Morgan fingerprint density at radius 1 is 0.854 bits per heavy atom. The number of benzene rings is 3. The number of rotatable bonds is 8. The van der Waals surface area contributed by atoms with Crippen molar-refractivity contribution in [3.05, 3.63) is 119 Å². The van der Waals surface area contributed by atoms with Crippen molar-refractivity contribution in [1.29, 1.82) is 0 Å². The van der Waals surface area contributed by atoms with Gasteiger partial charge in [-0.2, -0.15) is 0 Å². The van der Waals surface area contributed by atoms with Gasteiger partial charge in [0.05, 0.1) is 13.5 Å². The predicted octanol–water partition coefficient (Wildman–Crippen LogP) is 3.75. The largest absolute Gasteiger partial charge is 0.466 e. The van der Waals surface area contributed by atoms with E-state index in [0.29, 0.717) is 5.57 Å². The monoisotopic (exact) mass is 554 g/mol. The molecule has 0 N–H and O–H groups in total. The molecule has 0 spiro atoms. The van der Waals surface area contributed by atoms with Crippen LogP contribution < -0.4 is 0 Å². The summed E-state index contributed by atoms with van der Waals surface area (Å²) in [5.41, 5.74) is 2.74. The fourth-order valence-electron chi connectivity index (χ4n) is 5.13. The number of methoxy groups -OCH3 is 1. The van der Waals surface area contributed by atoms with Crippen molar-refractivity contribution in [3.8, 4) is 0 Å². The number of allylic oxidation sites excluding steroid dienone is 1. The highest BCUT2D eigenvalue weighted by Crippen LogP contribution is 2.40. The summed E-state index contributed by atoms with van der Waals surface area (Å²) >= 11 is 0. The van der Waals surface area contributed by atoms with E-state index in [-0.39, 0.29) is 12.1 Å². The van der Waals surface area contributed by atoms with E-state index in [1.807, 2.05) is 66.7 Å². The van der Waals surface area contributed by atoms with Gasteiger partial charge in [0, 0.05) is 0 Å². The summed E-state index contributed by atoms with van der Waals surface area (Å²) in [4.78, 5) is 55.6. The van der Waals surface area contributed by atoms with Crippen molar-refractivity contribution in [1.82, 2.24) is 9.80 Å². The average molecular weight is 555 g/mol. The fourth-order valence-corrected chi connectivity index (χ4v) is 5.13. The van der Waals surface area contributed by atoms with Gasteiger partial charge >= 0.3 is 11.9 Å². The van der Waals surface area contributed by atoms with Crippen molar-refractivity contribution in [2.24, 2.45) is 0 Å². The molecule has 0 aromatic heterocycles. The lowest BCUT2D eigenvalue weighted by atomic mass is 9.99. The fraction of sp³-hybridized carbons (Fsp3) is 0.250. The standard InChI is InChI=1S/C32H30N2O7/c1-20(2)25(31(37)40-27(22-15-9-5-10-16-22)23-17-11-6-12-18-23)34-28(36)26-29(34)41-30(32(38)39-3)33(26)24(35)19-21-13-7-4-8-14-21/h4-18,26-27,29-30H,19H2,1-3H3. The van der Waals surface area contributed by atoms with E-state index in [1.54, 1.807) is 38.1 Å². The molecule has 3 unspecified atom stereocenters. The van der Waals surface area contributed by atoms with Crippen LogP contribution in [0, 0.1) is 0 Å². The van der Waals surface area contributed by atoms with E-state index >= 15 is 0 Å². The number of hydrogen-bond donors (Lipinski definition) is 0. The quantitative estimate of drug-likeness (QED) is 0.237. The molecule has 2 aliphatic rings. The summed E-state index contributed by atoms with van der Waals surface area (Å²) < 4.78 is 16.8. The summed E-state index contributed by atoms with van der Waals surface area (Å²) in [5, 5.41) is 0. The Morgan fingerprint density at radius 3 is 1.90 bits per heavy atom. The molecule has 41 heavy (non-hydrogen) atoms. The average Bonchev–Trinajstić information content (AvgIpc) is 3.35. The van der Waals surface area contributed by atoms with Crippen molar-refractivity contribution >= 4 is 23.8 Å². The highest BCUT2D eigenvalue weighted by Gasteiger charge is 2.64. The molecule has 5 rings (SSSR count). The first-order chi connectivity index (χ1) is 19.8. The zero-order chi connectivity index (χ0) is 29.1. The molecule has 2 aliphatic heterocycles. The SMILES string of the molecule is COC(=O)C1OC2C(C(=O)N2C(C(=O)OC(c2ccccc2)c2ccccc2)=C(C)C)N1C(=O)Cc1ccccc1. The number of β-lactam (4-membered cyclic amide) rings is 1. The Morgan fingerprint density at radius 2 is 1.39 bits per heavy atom. The van der Waals surface area contributed by atoms with Gasteiger partial charge in [-0.1, -0.05) is 91.0 Å². The van der Waals surface area contributed by atoms with Crippen LogP contribution in [0.25, 0.3) is 0 Å². The number of fused-ring (bicyclic) bond motifs is 1. The zero-order valence-electron chi connectivity index (χ0n) is 22.9. The second-order valence-corrected chi connectivity index (χ2v) is 9.97. The molecule has 2 fully saturated rings. The summed E-state index contributed by atoms with van der Waals surface area (Å²) in [6.07, 6.45) is -3.27. The third-order valence-electron chi connectivity index (χ3n) is 7.06. The minimum Gasteiger partial charge on any atom is -0.466 e. The summed E-state index contributed by atoms with van der Waals surface area (Å²) in [6.45, 7) is 3.37. The van der Waals surface area contributed by atoms with E-state index in [0.717, 1.165) is 21.6 Å². The van der Waals surface area contributed by atoms with Crippen LogP contribution in [0.5, 0.6) is 0 Å². The normalized spacial score (nSPS) is 19.3. The molecule has 2 amide bonds. The molecule has 3 atom stereocenters. The maximum absolute atomic E-state index is 13.7. The van der Waals surface area contributed by atoms with Gasteiger partial charge in [-0.15, -0.1) is 0 Å². The Bertz CT molecular complexity index is 1430. The Labute approximate surface area is 237 Å². The molecule has 3 aromatic rings. The van der Waals surface area contributed by atoms with Crippen LogP contribution in [-0.2, 0) is 39.8 Å². The van der Waals surface area contributed by atoms with Gasteiger partial charge in [0.2, 0.25) is 12.1 Å². The van der Waals surface area contributed by atoms with Crippen LogP contribution in [-0.4, -0.2) is 59.2 Å². The Balaban J connectivity index is 1.42. The van der Waals surface area contributed by atoms with Crippen molar-refractivity contribution < 1.29 is 33.4 Å². The summed E-state index contributed by atoms with van der Waals surface area (Å²) in [5.74, 6) is -2.57. The molecule has 0 aliphatic carbocycles. The van der Waals surface area contributed by atoms with Gasteiger partial charge in [-0.3, -0.25) is 19.4 Å². The molecule has 3 aromatic carbocycles. The lowest BCUT2D eigenvalue weighted by Crippen LogP contribution is -2.68. The second-order valence-electron chi connectivity index (χ2n) is 9.97. The first-order valence-corrected chi connectivity index (χ1v) is 13.2. The number of carbonyl (C=O) groups excluding carboxylic acids is 4. The van der Waals surface area contributed by atoms with Crippen LogP contribution >= 0.6 is 0 Å². The number of carbonyl (C=O) groups is 4. The summed E-state index contributed by atoms with van der Waals surface area (Å²) in [6, 6.07) is 26.5. The lowest BCUT2D eigenvalue weighted by Gasteiger charge is -2.44. The predicted molar refractivity (Wildman–Crippen MR) is 147 cm³/mol. The zero-order valence-corrected chi connectivity index (χ0v) is 22.9. The highest BCUT2D eigenvalue weighted by molar-refractivity contribution is 6.03. The Hall–Kier alpha value is -4.76. The van der Waals surface area contributed by atoms with Crippen LogP contribution in [0.3, 0.4) is 0 Å².